The first-order chi connectivity index (χ1) is 15.0. The number of rotatable bonds is 4. The van der Waals surface area contributed by atoms with Gasteiger partial charge in [-0.15, -0.1) is 0 Å². The van der Waals surface area contributed by atoms with E-state index < -0.39 is 5.41 Å². The number of anilines is 1. The summed E-state index contributed by atoms with van der Waals surface area (Å²) in [5, 5.41) is 19.0. The van der Waals surface area contributed by atoms with Crippen molar-refractivity contribution in [1.82, 2.24) is 9.88 Å². The smallest absolute Gasteiger partial charge is 0.179 e. The summed E-state index contributed by atoms with van der Waals surface area (Å²) in [5.41, 5.74) is 11.8. The van der Waals surface area contributed by atoms with E-state index in [0.717, 1.165) is 35.5 Å². The Balaban J connectivity index is 1.37. The Morgan fingerprint density at radius 2 is 1.90 bits per heavy atom. The molecule has 2 N–H and O–H groups in total. The van der Waals surface area contributed by atoms with Crippen LogP contribution in [-0.4, -0.2) is 36.1 Å². The highest BCUT2D eigenvalue weighted by atomic mass is 15.2. The van der Waals surface area contributed by atoms with Gasteiger partial charge in [-0.1, -0.05) is 18.7 Å². The molecule has 0 spiro atoms. The summed E-state index contributed by atoms with van der Waals surface area (Å²) in [5.74, 6) is 0.892. The van der Waals surface area contributed by atoms with Gasteiger partial charge in [0.05, 0.1) is 11.8 Å². The van der Waals surface area contributed by atoms with Gasteiger partial charge >= 0.3 is 0 Å². The maximum Gasteiger partial charge on any atom is 0.179 e. The molecule has 3 unspecified atom stereocenters. The molecule has 6 heteroatoms. The van der Waals surface area contributed by atoms with Gasteiger partial charge in [-0.3, -0.25) is 4.98 Å². The van der Waals surface area contributed by atoms with E-state index in [2.05, 4.69) is 54.9 Å². The number of nitrogens with two attached hydrogens (primary N) is 1. The van der Waals surface area contributed by atoms with Crippen LogP contribution in [0.3, 0.4) is 0 Å². The number of pyridine rings is 1. The molecule has 0 bridgehead atoms. The quantitative estimate of drug-likeness (QED) is 0.779. The van der Waals surface area contributed by atoms with Crippen LogP contribution in [-0.2, 0) is 5.41 Å². The number of nitriles is 2. The first kappa shape index (κ1) is 19.6. The molecule has 1 saturated carbocycles. The van der Waals surface area contributed by atoms with Crippen molar-refractivity contribution >= 4 is 5.69 Å². The number of hydrogen-bond acceptors (Lipinski definition) is 6. The fourth-order valence-electron chi connectivity index (χ4n) is 5.58. The maximum atomic E-state index is 9.88. The lowest BCUT2D eigenvalue weighted by Gasteiger charge is -2.22. The van der Waals surface area contributed by atoms with Gasteiger partial charge in [0.15, 0.2) is 6.19 Å². The van der Waals surface area contributed by atoms with Gasteiger partial charge in [-0.25, -0.2) is 0 Å². The van der Waals surface area contributed by atoms with Crippen LogP contribution in [0.4, 0.5) is 5.69 Å². The third-order valence-electron chi connectivity index (χ3n) is 7.40. The van der Waals surface area contributed by atoms with Gasteiger partial charge in [0.25, 0.3) is 0 Å². The van der Waals surface area contributed by atoms with E-state index in [-0.39, 0.29) is 11.8 Å². The van der Waals surface area contributed by atoms with Crippen LogP contribution in [0.1, 0.15) is 17.7 Å². The van der Waals surface area contributed by atoms with Crippen molar-refractivity contribution in [3.8, 4) is 23.4 Å². The monoisotopic (exact) mass is 410 g/mol. The van der Waals surface area contributed by atoms with E-state index in [4.69, 9.17) is 16.0 Å². The average Bonchev–Trinajstić information content (AvgIpc) is 3.09. The SMILES string of the molecule is C=C1CC(CN)CN1c1ccc(-c2ccc(C3(C#N)C4CN(C#N)CC43)nc2)cc1C. The summed E-state index contributed by atoms with van der Waals surface area (Å²) in [6.07, 6.45) is 5.02. The second kappa shape index (κ2) is 7.11. The molecule has 3 fully saturated rings. The van der Waals surface area contributed by atoms with Crippen molar-refractivity contribution in [2.45, 2.75) is 18.8 Å². The van der Waals surface area contributed by atoms with Gasteiger partial charge in [0, 0.05) is 54.6 Å². The number of fused-ring (bicyclic) bond motifs is 1. The Bertz CT molecular complexity index is 1110. The van der Waals surface area contributed by atoms with Crippen LogP contribution in [0.25, 0.3) is 11.1 Å². The van der Waals surface area contributed by atoms with Crippen LogP contribution in [0.2, 0.25) is 0 Å². The molecular formula is C25H26N6. The summed E-state index contributed by atoms with van der Waals surface area (Å²) < 4.78 is 0. The second-order valence-electron chi connectivity index (χ2n) is 9.11. The van der Waals surface area contributed by atoms with E-state index in [1.807, 2.05) is 12.3 Å². The molecule has 2 aromatic rings. The zero-order valence-corrected chi connectivity index (χ0v) is 17.8. The molecule has 5 rings (SSSR count). The molecule has 1 aromatic carbocycles. The number of nitrogens with zero attached hydrogens (tertiary/aromatic N) is 5. The lowest BCUT2D eigenvalue weighted by atomic mass is 9.95. The Morgan fingerprint density at radius 1 is 1.16 bits per heavy atom. The molecule has 156 valence electrons. The summed E-state index contributed by atoms with van der Waals surface area (Å²) >= 11 is 0. The van der Waals surface area contributed by atoms with E-state index in [1.54, 1.807) is 4.90 Å². The fraction of sp³-hybridized carbons (Fsp3) is 0.400. The normalized spacial score (nSPS) is 28.9. The number of hydrogen-bond donors (Lipinski definition) is 1. The van der Waals surface area contributed by atoms with Crippen molar-refractivity contribution in [3.05, 3.63) is 60.1 Å². The molecule has 1 aromatic heterocycles. The molecule has 0 radical (unpaired) electrons. The topological polar surface area (TPSA) is 93.0 Å². The predicted octanol–water partition coefficient (Wildman–Crippen LogP) is 3.16. The first-order valence-electron chi connectivity index (χ1n) is 10.8. The first-order valence-corrected chi connectivity index (χ1v) is 10.8. The van der Waals surface area contributed by atoms with Crippen LogP contribution < -0.4 is 10.6 Å². The maximum absolute atomic E-state index is 9.88. The Labute approximate surface area is 183 Å². The second-order valence-corrected chi connectivity index (χ2v) is 9.11. The van der Waals surface area contributed by atoms with Gasteiger partial charge in [0.1, 0.15) is 5.41 Å². The number of aromatic nitrogens is 1. The molecule has 2 aliphatic heterocycles. The van der Waals surface area contributed by atoms with E-state index in [0.29, 0.717) is 25.6 Å². The number of likely N-dealkylation sites (tertiary alicyclic amines) is 1. The highest BCUT2D eigenvalue weighted by Gasteiger charge is 2.71. The minimum absolute atomic E-state index is 0.211. The molecule has 6 nitrogen and oxygen atoms in total. The lowest BCUT2D eigenvalue weighted by Crippen LogP contribution is -2.26. The van der Waals surface area contributed by atoms with E-state index in [9.17, 15) is 5.26 Å². The van der Waals surface area contributed by atoms with Crippen molar-refractivity contribution in [2.75, 3.05) is 31.1 Å². The molecule has 3 atom stereocenters. The average molecular weight is 411 g/mol. The minimum atomic E-state index is -0.526. The summed E-state index contributed by atoms with van der Waals surface area (Å²) in [7, 11) is 0. The highest BCUT2D eigenvalue weighted by molar-refractivity contribution is 5.70. The van der Waals surface area contributed by atoms with Crippen LogP contribution in [0.15, 0.2) is 48.8 Å². The molecule has 3 aliphatic rings. The molecule has 2 saturated heterocycles. The van der Waals surface area contributed by atoms with Crippen molar-refractivity contribution in [2.24, 2.45) is 23.5 Å². The minimum Gasteiger partial charge on any atom is -0.345 e. The van der Waals surface area contributed by atoms with Gasteiger partial charge in [-0.2, -0.15) is 10.5 Å². The van der Waals surface area contributed by atoms with Crippen molar-refractivity contribution in [1.29, 1.82) is 10.5 Å². The van der Waals surface area contributed by atoms with Crippen LogP contribution >= 0.6 is 0 Å². The lowest BCUT2D eigenvalue weighted by molar-refractivity contribution is 0.395. The largest absolute Gasteiger partial charge is 0.345 e. The third kappa shape index (κ3) is 2.91. The fourth-order valence-corrected chi connectivity index (χ4v) is 5.58. The highest BCUT2D eigenvalue weighted by Crippen LogP contribution is 2.62. The molecular weight excluding hydrogens is 384 g/mol. The zero-order chi connectivity index (χ0) is 21.8. The van der Waals surface area contributed by atoms with Crippen molar-refractivity contribution < 1.29 is 0 Å². The molecule has 3 heterocycles. The van der Waals surface area contributed by atoms with Gasteiger partial charge < -0.3 is 15.5 Å². The summed E-state index contributed by atoms with van der Waals surface area (Å²) in [6.45, 7) is 9.28. The molecule has 1 aliphatic carbocycles. The van der Waals surface area contributed by atoms with E-state index in [1.165, 1.54) is 11.3 Å². The number of benzene rings is 1. The molecule has 0 amide bonds. The summed E-state index contributed by atoms with van der Waals surface area (Å²) in [4.78, 5) is 8.72. The number of allylic oxidation sites excluding steroid dienone is 1. The Morgan fingerprint density at radius 3 is 2.45 bits per heavy atom. The van der Waals surface area contributed by atoms with E-state index >= 15 is 0 Å². The number of aryl methyl sites for hydroxylation is 1. The third-order valence-corrected chi connectivity index (χ3v) is 7.40. The number of piperidine rings is 1. The van der Waals surface area contributed by atoms with Crippen LogP contribution in [0, 0.1) is 47.5 Å². The zero-order valence-electron chi connectivity index (χ0n) is 17.8. The molecule has 31 heavy (non-hydrogen) atoms. The van der Waals surface area contributed by atoms with Gasteiger partial charge in [-0.05, 0) is 55.1 Å². The van der Waals surface area contributed by atoms with Gasteiger partial charge in [0.2, 0.25) is 0 Å². The Hall–Kier alpha value is -3.35. The Kier molecular flexibility index (Phi) is 4.50. The summed E-state index contributed by atoms with van der Waals surface area (Å²) in [6, 6.07) is 13.0. The standard InChI is InChI=1S/C25H26N6/c1-16-7-19(3-5-23(16)31-11-18(9-26)8-17(31)2)20-4-6-24(29-10-20)25(14-27)21-12-30(15-28)13-22(21)25/h3-7,10,18,21-22H,2,8-9,11-13,26H2,1H3. The van der Waals surface area contributed by atoms with Crippen molar-refractivity contribution in [3.63, 3.8) is 0 Å². The van der Waals surface area contributed by atoms with Crippen LogP contribution in [0.5, 0.6) is 0 Å². The predicted molar refractivity (Wildman–Crippen MR) is 120 cm³/mol.